The standard InChI is InChI=1S/C20H21ClN2O2/c1-13(2)12-25-20-14(5-4-6-18(20)24-3)7-10-19-22-16-9-8-15(21)11-17(16)23-19/h4-11,13H,12H2,1-3H3,(H,22,23)/b10-7+. The second-order valence-corrected chi connectivity index (χ2v) is 6.64. The van der Waals surface area contributed by atoms with E-state index in [2.05, 4.69) is 23.8 Å². The maximum atomic E-state index is 6.02. The summed E-state index contributed by atoms with van der Waals surface area (Å²) in [5.74, 6) is 2.66. The molecule has 0 unspecified atom stereocenters. The predicted octanol–water partition coefficient (Wildman–Crippen LogP) is 5.43. The van der Waals surface area contributed by atoms with Crippen LogP contribution in [-0.2, 0) is 0 Å². The number of nitrogens with one attached hydrogen (secondary N) is 1. The summed E-state index contributed by atoms with van der Waals surface area (Å²) in [5.41, 5.74) is 2.73. The molecule has 0 aliphatic carbocycles. The molecule has 0 atom stereocenters. The van der Waals surface area contributed by atoms with E-state index in [0.29, 0.717) is 17.5 Å². The van der Waals surface area contributed by atoms with Crippen LogP contribution in [0.15, 0.2) is 36.4 Å². The molecule has 0 saturated carbocycles. The second-order valence-electron chi connectivity index (χ2n) is 6.20. The molecule has 3 rings (SSSR count). The highest BCUT2D eigenvalue weighted by Gasteiger charge is 2.10. The summed E-state index contributed by atoms with van der Waals surface area (Å²) in [7, 11) is 1.65. The Hall–Kier alpha value is -2.46. The number of benzene rings is 2. The average molecular weight is 357 g/mol. The fourth-order valence-electron chi connectivity index (χ4n) is 2.48. The van der Waals surface area contributed by atoms with Crippen molar-refractivity contribution in [2.45, 2.75) is 13.8 Å². The first-order valence-electron chi connectivity index (χ1n) is 8.20. The zero-order valence-corrected chi connectivity index (χ0v) is 15.3. The number of rotatable bonds is 6. The molecule has 0 bridgehead atoms. The Kier molecular flexibility index (Phi) is 5.29. The summed E-state index contributed by atoms with van der Waals surface area (Å²) in [5, 5.41) is 0.684. The molecule has 0 aliphatic heterocycles. The van der Waals surface area contributed by atoms with Gasteiger partial charge in [-0.1, -0.05) is 37.6 Å². The van der Waals surface area contributed by atoms with Gasteiger partial charge in [0, 0.05) is 10.6 Å². The Morgan fingerprint density at radius 1 is 1.20 bits per heavy atom. The van der Waals surface area contributed by atoms with Gasteiger partial charge in [-0.3, -0.25) is 0 Å². The highest BCUT2D eigenvalue weighted by molar-refractivity contribution is 6.31. The number of aromatic nitrogens is 2. The third-order valence-electron chi connectivity index (χ3n) is 3.67. The lowest BCUT2D eigenvalue weighted by Crippen LogP contribution is -2.06. The fraction of sp³-hybridized carbons (Fsp3) is 0.250. The number of para-hydroxylation sites is 1. The minimum Gasteiger partial charge on any atom is -0.493 e. The number of nitrogens with zero attached hydrogens (tertiary/aromatic N) is 1. The molecular weight excluding hydrogens is 336 g/mol. The third kappa shape index (κ3) is 4.15. The zero-order chi connectivity index (χ0) is 17.8. The van der Waals surface area contributed by atoms with Gasteiger partial charge in [0.15, 0.2) is 11.5 Å². The number of fused-ring (bicyclic) bond motifs is 1. The highest BCUT2D eigenvalue weighted by Crippen LogP contribution is 2.32. The van der Waals surface area contributed by atoms with E-state index in [1.807, 2.05) is 48.6 Å². The van der Waals surface area contributed by atoms with Crippen molar-refractivity contribution in [3.05, 3.63) is 52.8 Å². The Balaban J connectivity index is 1.91. The van der Waals surface area contributed by atoms with Crippen LogP contribution in [-0.4, -0.2) is 23.7 Å². The minimum absolute atomic E-state index is 0.432. The molecule has 4 nitrogen and oxygen atoms in total. The molecule has 1 aromatic heterocycles. The summed E-state index contributed by atoms with van der Waals surface area (Å²) in [6.07, 6.45) is 3.89. The van der Waals surface area contributed by atoms with Gasteiger partial charge in [0.05, 0.1) is 24.8 Å². The lowest BCUT2D eigenvalue weighted by atomic mass is 10.1. The number of imidazole rings is 1. The monoisotopic (exact) mass is 356 g/mol. The van der Waals surface area contributed by atoms with Gasteiger partial charge in [0.2, 0.25) is 0 Å². The molecule has 0 amide bonds. The molecule has 0 spiro atoms. The summed E-state index contributed by atoms with van der Waals surface area (Å²) in [6, 6.07) is 11.4. The predicted molar refractivity (Wildman–Crippen MR) is 103 cm³/mol. The zero-order valence-electron chi connectivity index (χ0n) is 14.5. The number of methoxy groups -OCH3 is 1. The molecule has 0 saturated heterocycles. The topological polar surface area (TPSA) is 47.1 Å². The van der Waals surface area contributed by atoms with E-state index in [0.717, 1.165) is 33.9 Å². The van der Waals surface area contributed by atoms with Gasteiger partial charge in [0.1, 0.15) is 5.82 Å². The molecule has 1 heterocycles. The second kappa shape index (κ2) is 7.62. The van der Waals surface area contributed by atoms with Crippen molar-refractivity contribution >= 4 is 34.8 Å². The molecular formula is C20H21ClN2O2. The van der Waals surface area contributed by atoms with E-state index in [1.165, 1.54) is 0 Å². The van der Waals surface area contributed by atoms with E-state index < -0.39 is 0 Å². The van der Waals surface area contributed by atoms with Crippen LogP contribution in [0.3, 0.4) is 0 Å². The van der Waals surface area contributed by atoms with E-state index in [-0.39, 0.29) is 0 Å². The van der Waals surface area contributed by atoms with Crippen LogP contribution in [0, 0.1) is 5.92 Å². The van der Waals surface area contributed by atoms with Gasteiger partial charge in [-0.15, -0.1) is 0 Å². The smallest absolute Gasteiger partial charge is 0.168 e. The molecule has 0 aliphatic rings. The lowest BCUT2D eigenvalue weighted by molar-refractivity contribution is 0.256. The third-order valence-corrected chi connectivity index (χ3v) is 3.91. The van der Waals surface area contributed by atoms with Crippen molar-refractivity contribution in [3.63, 3.8) is 0 Å². The summed E-state index contributed by atoms with van der Waals surface area (Å²) >= 11 is 6.02. The molecule has 0 radical (unpaired) electrons. The number of H-pyrrole nitrogens is 1. The molecule has 1 N–H and O–H groups in total. The van der Waals surface area contributed by atoms with Crippen molar-refractivity contribution in [1.29, 1.82) is 0 Å². The van der Waals surface area contributed by atoms with Gasteiger partial charge in [-0.05, 0) is 42.3 Å². The molecule has 2 aromatic carbocycles. The number of hydrogen-bond donors (Lipinski definition) is 1. The molecule has 130 valence electrons. The maximum absolute atomic E-state index is 6.02. The quantitative estimate of drug-likeness (QED) is 0.640. The Morgan fingerprint density at radius 3 is 2.80 bits per heavy atom. The Labute approximate surface area is 152 Å². The van der Waals surface area contributed by atoms with Crippen molar-refractivity contribution in [2.24, 2.45) is 5.92 Å². The van der Waals surface area contributed by atoms with E-state index >= 15 is 0 Å². The first kappa shape index (κ1) is 17.4. The SMILES string of the molecule is COc1cccc(/C=C/c2nc3ccc(Cl)cc3[nH]2)c1OCC(C)C. The van der Waals surface area contributed by atoms with Crippen LogP contribution >= 0.6 is 11.6 Å². The molecule has 5 heteroatoms. The van der Waals surface area contributed by atoms with Crippen molar-refractivity contribution in [2.75, 3.05) is 13.7 Å². The van der Waals surface area contributed by atoms with Crippen molar-refractivity contribution in [3.8, 4) is 11.5 Å². The Bertz CT molecular complexity index is 900. The van der Waals surface area contributed by atoms with E-state index in [9.17, 15) is 0 Å². The van der Waals surface area contributed by atoms with Gasteiger partial charge in [-0.2, -0.15) is 0 Å². The van der Waals surface area contributed by atoms with Gasteiger partial charge >= 0.3 is 0 Å². The van der Waals surface area contributed by atoms with Gasteiger partial charge in [0.25, 0.3) is 0 Å². The molecule has 0 fully saturated rings. The van der Waals surface area contributed by atoms with Crippen LogP contribution in [0.5, 0.6) is 11.5 Å². The molecule has 3 aromatic rings. The van der Waals surface area contributed by atoms with Gasteiger partial charge < -0.3 is 14.5 Å². The lowest BCUT2D eigenvalue weighted by Gasteiger charge is -2.14. The summed E-state index contributed by atoms with van der Waals surface area (Å²) < 4.78 is 11.4. The van der Waals surface area contributed by atoms with E-state index in [1.54, 1.807) is 7.11 Å². The van der Waals surface area contributed by atoms with Crippen molar-refractivity contribution in [1.82, 2.24) is 9.97 Å². The van der Waals surface area contributed by atoms with Crippen LogP contribution < -0.4 is 9.47 Å². The van der Waals surface area contributed by atoms with Crippen LogP contribution in [0.2, 0.25) is 5.02 Å². The molecule has 25 heavy (non-hydrogen) atoms. The number of aromatic amines is 1. The largest absolute Gasteiger partial charge is 0.493 e. The van der Waals surface area contributed by atoms with Crippen LogP contribution in [0.4, 0.5) is 0 Å². The first-order valence-corrected chi connectivity index (χ1v) is 8.58. The van der Waals surface area contributed by atoms with Gasteiger partial charge in [-0.25, -0.2) is 4.98 Å². The summed E-state index contributed by atoms with van der Waals surface area (Å²) in [6.45, 7) is 4.86. The number of hydrogen-bond acceptors (Lipinski definition) is 3. The normalized spacial score (nSPS) is 11.6. The maximum Gasteiger partial charge on any atom is 0.168 e. The first-order chi connectivity index (χ1) is 12.1. The average Bonchev–Trinajstić information content (AvgIpc) is 3.00. The van der Waals surface area contributed by atoms with Crippen LogP contribution in [0.25, 0.3) is 23.2 Å². The minimum atomic E-state index is 0.432. The number of ether oxygens (including phenoxy) is 2. The highest BCUT2D eigenvalue weighted by atomic mass is 35.5. The van der Waals surface area contributed by atoms with Crippen molar-refractivity contribution < 1.29 is 9.47 Å². The Morgan fingerprint density at radius 2 is 2.04 bits per heavy atom. The fourth-order valence-corrected chi connectivity index (χ4v) is 2.65. The van der Waals surface area contributed by atoms with E-state index in [4.69, 9.17) is 21.1 Å². The summed E-state index contributed by atoms with van der Waals surface area (Å²) in [4.78, 5) is 7.79. The van der Waals surface area contributed by atoms with Crippen LogP contribution in [0.1, 0.15) is 25.2 Å². The number of halogens is 1.